The maximum absolute atomic E-state index is 11.6. The fraction of sp³-hybridized carbons (Fsp3) is 0.600. The molecule has 0 amide bonds. The lowest BCUT2D eigenvalue weighted by molar-refractivity contribution is 0.0936. The number of aromatic nitrogens is 1. The number of aryl methyl sites for hydroxylation is 1. The minimum absolute atomic E-state index is 0.239. The van der Waals surface area contributed by atoms with E-state index in [9.17, 15) is 4.79 Å². The first-order valence-corrected chi connectivity index (χ1v) is 5.53. The van der Waals surface area contributed by atoms with E-state index in [1.807, 2.05) is 6.92 Å². The molecule has 1 saturated carbocycles. The summed E-state index contributed by atoms with van der Waals surface area (Å²) in [5, 5.41) is 0.699. The molecule has 13 heavy (non-hydrogen) atoms. The van der Waals surface area contributed by atoms with E-state index in [-0.39, 0.29) is 5.78 Å². The second-order valence-corrected chi connectivity index (χ2v) is 4.94. The van der Waals surface area contributed by atoms with Crippen molar-refractivity contribution in [1.29, 1.82) is 0 Å². The molecule has 0 atom stereocenters. The first-order valence-electron chi connectivity index (χ1n) is 4.71. The molecule has 2 rings (SSSR count). The topological polar surface area (TPSA) is 30.0 Å². The fourth-order valence-electron chi connectivity index (χ4n) is 1.53. The Morgan fingerprint density at radius 2 is 2.46 bits per heavy atom. The first-order chi connectivity index (χ1) is 6.25. The van der Waals surface area contributed by atoms with Gasteiger partial charge in [-0.2, -0.15) is 0 Å². The Bertz CT molecular complexity index is 314. The molecule has 0 radical (unpaired) electrons. The van der Waals surface area contributed by atoms with Crippen LogP contribution in [0.4, 0.5) is 0 Å². The Morgan fingerprint density at radius 3 is 2.92 bits per heavy atom. The van der Waals surface area contributed by atoms with Crippen LogP contribution in [0.1, 0.15) is 40.4 Å². The van der Waals surface area contributed by atoms with Gasteiger partial charge in [0.15, 0.2) is 10.8 Å². The van der Waals surface area contributed by atoms with E-state index >= 15 is 0 Å². The fourth-order valence-corrected chi connectivity index (χ4v) is 2.24. The van der Waals surface area contributed by atoms with Crippen molar-refractivity contribution in [3.8, 4) is 0 Å². The van der Waals surface area contributed by atoms with Crippen LogP contribution in [-0.4, -0.2) is 10.8 Å². The molecule has 0 aliphatic heterocycles. The molecule has 0 unspecified atom stereocenters. The number of hydrogen-bond donors (Lipinski definition) is 0. The van der Waals surface area contributed by atoms with Crippen LogP contribution in [0.5, 0.6) is 0 Å². The van der Waals surface area contributed by atoms with E-state index in [4.69, 9.17) is 0 Å². The molecular formula is C10H13NOS. The van der Waals surface area contributed by atoms with E-state index in [0.29, 0.717) is 17.3 Å². The van der Waals surface area contributed by atoms with Crippen LogP contribution in [0, 0.1) is 12.8 Å². The number of ketones is 1. The predicted octanol–water partition coefficient (Wildman–Crippen LogP) is 2.82. The van der Waals surface area contributed by atoms with Crippen LogP contribution in [0.2, 0.25) is 0 Å². The average Bonchev–Trinajstić information content (AvgIpc) is 2.44. The highest BCUT2D eigenvalue weighted by atomic mass is 32.1. The van der Waals surface area contributed by atoms with E-state index < -0.39 is 0 Å². The SMILES string of the molecule is Cc1cnc(C(=O)CC2CCC2)s1. The Labute approximate surface area is 82.0 Å². The molecule has 1 heterocycles. The van der Waals surface area contributed by atoms with Gasteiger partial charge in [0, 0.05) is 17.5 Å². The number of thiazole rings is 1. The van der Waals surface area contributed by atoms with Gasteiger partial charge in [0.25, 0.3) is 0 Å². The van der Waals surface area contributed by atoms with Gasteiger partial charge in [-0.3, -0.25) is 4.79 Å². The Balaban J connectivity index is 1.96. The zero-order valence-electron chi connectivity index (χ0n) is 7.75. The second kappa shape index (κ2) is 3.58. The van der Waals surface area contributed by atoms with Crippen LogP contribution in [0.3, 0.4) is 0 Å². The van der Waals surface area contributed by atoms with Crippen LogP contribution in [0.15, 0.2) is 6.20 Å². The average molecular weight is 195 g/mol. The predicted molar refractivity (Wildman–Crippen MR) is 53.1 cm³/mol. The summed E-state index contributed by atoms with van der Waals surface area (Å²) in [5.74, 6) is 0.888. The van der Waals surface area contributed by atoms with Crippen LogP contribution < -0.4 is 0 Å². The maximum Gasteiger partial charge on any atom is 0.191 e. The normalized spacial score (nSPS) is 17.0. The molecule has 0 spiro atoms. The molecular weight excluding hydrogens is 182 g/mol. The summed E-state index contributed by atoms with van der Waals surface area (Å²) in [6.45, 7) is 1.98. The summed E-state index contributed by atoms with van der Waals surface area (Å²) in [5.41, 5.74) is 0. The minimum Gasteiger partial charge on any atom is -0.292 e. The van der Waals surface area contributed by atoms with Crippen molar-refractivity contribution in [2.75, 3.05) is 0 Å². The quantitative estimate of drug-likeness (QED) is 0.694. The Hall–Kier alpha value is -0.700. The largest absolute Gasteiger partial charge is 0.292 e. The zero-order valence-corrected chi connectivity index (χ0v) is 8.56. The number of Topliss-reactive ketones (excluding diaryl/α,β-unsaturated/α-hetero) is 1. The van der Waals surface area contributed by atoms with Gasteiger partial charge in [-0.05, 0) is 25.7 Å². The number of carbonyl (C=O) groups excluding carboxylic acids is 1. The van der Waals surface area contributed by atoms with Gasteiger partial charge in [0.05, 0.1) is 0 Å². The third-order valence-electron chi connectivity index (χ3n) is 2.56. The third-order valence-corrected chi connectivity index (χ3v) is 3.51. The monoisotopic (exact) mass is 195 g/mol. The lowest BCUT2D eigenvalue weighted by atomic mass is 9.82. The van der Waals surface area contributed by atoms with E-state index in [1.165, 1.54) is 30.6 Å². The Morgan fingerprint density at radius 1 is 1.69 bits per heavy atom. The second-order valence-electron chi connectivity index (χ2n) is 3.70. The highest BCUT2D eigenvalue weighted by Gasteiger charge is 2.22. The molecule has 0 saturated heterocycles. The third kappa shape index (κ3) is 1.97. The zero-order chi connectivity index (χ0) is 9.26. The highest BCUT2D eigenvalue weighted by molar-refractivity contribution is 7.13. The highest BCUT2D eigenvalue weighted by Crippen LogP contribution is 2.30. The summed E-state index contributed by atoms with van der Waals surface area (Å²) in [7, 11) is 0. The molecule has 2 nitrogen and oxygen atoms in total. The molecule has 0 bridgehead atoms. The van der Waals surface area contributed by atoms with Gasteiger partial charge in [0.2, 0.25) is 0 Å². The summed E-state index contributed by atoms with van der Waals surface area (Å²) in [4.78, 5) is 16.8. The van der Waals surface area contributed by atoms with E-state index in [0.717, 1.165) is 4.88 Å². The summed E-state index contributed by atoms with van der Waals surface area (Å²) in [6.07, 6.45) is 6.26. The van der Waals surface area contributed by atoms with Crippen molar-refractivity contribution in [2.24, 2.45) is 5.92 Å². The smallest absolute Gasteiger partial charge is 0.191 e. The number of nitrogens with zero attached hydrogens (tertiary/aromatic N) is 1. The molecule has 1 aliphatic carbocycles. The lowest BCUT2D eigenvalue weighted by Crippen LogP contribution is -2.15. The first kappa shape index (κ1) is 8.88. The van der Waals surface area contributed by atoms with E-state index in [1.54, 1.807) is 6.20 Å². The van der Waals surface area contributed by atoms with Crippen LogP contribution in [-0.2, 0) is 0 Å². The Kier molecular flexibility index (Phi) is 2.44. The molecule has 3 heteroatoms. The van der Waals surface area contributed by atoms with Crippen molar-refractivity contribution in [3.05, 3.63) is 16.1 Å². The maximum atomic E-state index is 11.6. The molecule has 1 aromatic rings. The number of carbonyl (C=O) groups is 1. The van der Waals surface area contributed by atoms with Gasteiger partial charge in [-0.25, -0.2) is 4.98 Å². The molecule has 1 fully saturated rings. The van der Waals surface area contributed by atoms with Gasteiger partial charge in [-0.15, -0.1) is 11.3 Å². The minimum atomic E-state index is 0.239. The van der Waals surface area contributed by atoms with E-state index in [2.05, 4.69) is 4.98 Å². The molecule has 1 aromatic heterocycles. The van der Waals surface area contributed by atoms with Crippen molar-refractivity contribution in [2.45, 2.75) is 32.6 Å². The number of hydrogen-bond acceptors (Lipinski definition) is 3. The van der Waals surface area contributed by atoms with Gasteiger partial charge >= 0.3 is 0 Å². The standard InChI is InChI=1S/C10H13NOS/c1-7-6-11-10(13-7)9(12)5-8-3-2-4-8/h6,8H,2-5H2,1H3. The number of rotatable bonds is 3. The van der Waals surface area contributed by atoms with Crippen molar-refractivity contribution in [1.82, 2.24) is 4.98 Å². The van der Waals surface area contributed by atoms with Gasteiger partial charge < -0.3 is 0 Å². The summed E-state index contributed by atoms with van der Waals surface area (Å²) in [6, 6.07) is 0. The van der Waals surface area contributed by atoms with Crippen LogP contribution >= 0.6 is 11.3 Å². The van der Waals surface area contributed by atoms with Crippen molar-refractivity contribution in [3.63, 3.8) is 0 Å². The summed E-state index contributed by atoms with van der Waals surface area (Å²) < 4.78 is 0. The lowest BCUT2D eigenvalue weighted by Gasteiger charge is -2.23. The van der Waals surface area contributed by atoms with Crippen LogP contribution in [0.25, 0.3) is 0 Å². The molecule has 70 valence electrons. The van der Waals surface area contributed by atoms with Gasteiger partial charge in [-0.1, -0.05) is 6.42 Å². The molecule has 1 aliphatic rings. The molecule has 0 N–H and O–H groups in total. The summed E-state index contributed by atoms with van der Waals surface area (Å²) >= 11 is 1.51. The molecule has 0 aromatic carbocycles. The van der Waals surface area contributed by atoms with Crippen molar-refractivity contribution >= 4 is 17.1 Å². The van der Waals surface area contributed by atoms with Crippen molar-refractivity contribution < 1.29 is 4.79 Å². The van der Waals surface area contributed by atoms with Gasteiger partial charge in [0.1, 0.15) is 0 Å².